The van der Waals surface area contributed by atoms with Crippen LogP contribution in [0.1, 0.15) is 38.5 Å². The highest BCUT2D eigenvalue weighted by atomic mass is 16.5. The lowest BCUT2D eigenvalue weighted by atomic mass is 9.80. The fourth-order valence-electron chi connectivity index (χ4n) is 2.64. The largest absolute Gasteiger partial charge is 0.379 e. The van der Waals surface area contributed by atoms with Gasteiger partial charge in [-0.05, 0) is 12.8 Å². The predicted octanol–water partition coefficient (Wildman–Crippen LogP) is 0.401. The van der Waals surface area contributed by atoms with Gasteiger partial charge in [0.2, 0.25) is 5.91 Å². The number of rotatable bonds is 3. The fourth-order valence-corrected chi connectivity index (χ4v) is 2.64. The summed E-state index contributed by atoms with van der Waals surface area (Å²) in [5, 5.41) is 1.93. The van der Waals surface area contributed by atoms with Crippen molar-refractivity contribution in [2.75, 3.05) is 26.3 Å². The van der Waals surface area contributed by atoms with E-state index in [0.717, 1.165) is 38.8 Å². The van der Waals surface area contributed by atoms with Crippen molar-refractivity contribution in [3.63, 3.8) is 0 Å². The standard InChI is InChI=1S/C12H23N3O2/c13-12(4-2-1-3-5-12)10-11(16)14-15-6-8-17-9-7-15/h1-10,13H2,(H,14,16). The number of hydrazine groups is 1. The second-order valence-electron chi connectivity index (χ2n) is 5.23. The van der Waals surface area contributed by atoms with E-state index < -0.39 is 0 Å². The molecule has 1 aliphatic heterocycles. The Morgan fingerprint density at radius 1 is 1.24 bits per heavy atom. The third-order valence-electron chi connectivity index (χ3n) is 3.66. The zero-order valence-corrected chi connectivity index (χ0v) is 10.4. The second kappa shape index (κ2) is 5.80. The number of nitrogens with one attached hydrogen (secondary N) is 1. The maximum Gasteiger partial charge on any atom is 0.236 e. The van der Waals surface area contributed by atoms with E-state index in [1.54, 1.807) is 0 Å². The SMILES string of the molecule is NC1(CC(=O)NN2CCOCC2)CCCCC1. The Morgan fingerprint density at radius 3 is 2.53 bits per heavy atom. The zero-order chi connectivity index (χ0) is 12.1. The Labute approximate surface area is 103 Å². The first-order chi connectivity index (χ1) is 8.18. The summed E-state index contributed by atoms with van der Waals surface area (Å²) in [6.07, 6.45) is 5.96. The van der Waals surface area contributed by atoms with Crippen LogP contribution < -0.4 is 11.2 Å². The minimum Gasteiger partial charge on any atom is -0.379 e. The van der Waals surface area contributed by atoms with Gasteiger partial charge in [-0.15, -0.1) is 0 Å². The average molecular weight is 241 g/mol. The molecule has 0 aromatic heterocycles. The molecule has 1 saturated carbocycles. The minimum atomic E-state index is -0.269. The molecular weight excluding hydrogens is 218 g/mol. The van der Waals surface area contributed by atoms with E-state index in [1.807, 2.05) is 5.01 Å². The van der Waals surface area contributed by atoms with Gasteiger partial charge in [-0.3, -0.25) is 10.2 Å². The number of carbonyl (C=O) groups is 1. The van der Waals surface area contributed by atoms with E-state index >= 15 is 0 Å². The Morgan fingerprint density at radius 2 is 1.88 bits per heavy atom. The smallest absolute Gasteiger partial charge is 0.236 e. The topological polar surface area (TPSA) is 67.6 Å². The molecule has 2 fully saturated rings. The molecule has 1 amide bonds. The van der Waals surface area contributed by atoms with Gasteiger partial charge in [0.05, 0.1) is 13.2 Å². The van der Waals surface area contributed by atoms with Crippen LogP contribution in [-0.4, -0.2) is 42.8 Å². The van der Waals surface area contributed by atoms with Crippen molar-refractivity contribution in [1.82, 2.24) is 10.4 Å². The lowest BCUT2D eigenvalue weighted by Crippen LogP contribution is -2.52. The molecule has 0 unspecified atom stereocenters. The number of morpholine rings is 1. The summed E-state index contributed by atoms with van der Waals surface area (Å²) in [5.41, 5.74) is 8.92. The average Bonchev–Trinajstić information content (AvgIpc) is 2.30. The first kappa shape index (κ1) is 12.8. The van der Waals surface area contributed by atoms with E-state index in [1.165, 1.54) is 6.42 Å². The Bertz CT molecular complexity index is 258. The number of ether oxygens (including phenoxy) is 1. The summed E-state index contributed by atoms with van der Waals surface area (Å²) < 4.78 is 5.23. The minimum absolute atomic E-state index is 0.0521. The maximum absolute atomic E-state index is 11.9. The molecule has 1 heterocycles. The van der Waals surface area contributed by atoms with E-state index in [9.17, 15) is 4.79 Å². The highest BCUT2D eigenvalue weighted by molar-refractivity contribution is 5.76. The lowest BCUT2D eigenvalue weighted by molar-refractivity contribution is -0.129. The van der Waals surface area contributed by atoms with Gasteiger partial charge in [-0.2, -0.15) is 0 Å². The van der Waals surface area contributed by atoms with Crippen molar-refractivity contribution in [3.05, 3.63) is 0 Å². The molecule has 0 bridgehead atoms. The molecule has 2 rings (SSSR count). The third-order valence-corrected chi connectivity index (χ3v) is 3.66. The number of nitrogens with two attached hydrogens (primary N) is 1. The van der Waals surface area contributed by atoms with Crippen LogP contribution in [0.25, 0.3) is 0 Å². The van der Waals surface area contributed by atoms with Gasteiger partial charge in [-0.25, -0.2) is 5.01 Å². The molecule has 5 nitrogen and oxygen atoms in total. The number of hydrogen-bond donors (Lipinski definition) is 2. The first-order valence-corrected chi connectivity index (χ1v) is 6.59. The van der Waals surface area contributed by atoms with Crippen LogP contribution in [0.2, 0.25) is 0 Å². The van der Waals surface area contributed by atoms with Crippen LogP contribution in [0, 0.1) is 0 Å². The van der Waals surface area contributed by atoms with Crippen LogP contribution in [0.4, 0.5) is 0 Å². The molecule has 2 aliphatic rings. The molecule has 17 heavy (non-hydrogen) atoms. The van der Waals surface area contributed by atoms with Crippen LogP contribution in [0.5, 0.6) is 0 Å². The molecule has 0 aromatic carbocycles. The van der Waals surface area contributed by atoms with E-state index in [4.69, 9.17) is 10.5 Å². The van der Waals surface area contributed by atoms with Crippen molar-refractivity contribution in [1.29, 1.82) is 0 Å². The van der Waals surface area contributed by atoms with Gasteiger partial charge in [0.15, 0.2) is 0 Å². The van der Waals surface area contributed by atoms with Gasteiger partial charge in [-0.1, -0.05) is 19.3 Å². The van der Waals surface area contributed by atoms with Gasteiger partial charge in [0.25, 0.3) is 0 Å². The van der Waals surface area contributed by atoms with Crippen molar-refractivity contribution in [3.8, 4) is 0 Å². The Hall–Kier alpha value is -0.650. The first-order valence-electron chi connectivity index (χ1n) is 6.59. The number of hydrogen-bond acceptors (Lipinski definition) is 4. The number of amides is 1. The highest BCUT2D eigenvalue weighted by Gasteiger charge is 2.30. The Balaban J connectivity index is 1.75. The quantitative estimate of drug-likeness (QED) is 0.750. The van der Waals surface area contributed by atoms with Crippen molar-refractivity contribution in [2.24, 2.45) is 5.73 Å². The lowest BCUT2D eigenvalue weighted by Gasteiger charge is -2.34. The summed E-state index contributed by atoms with van der Waals surface area (Å²) in [6, 6.07) is 0. The molecule has 1 aliphatic carbocycles. The molecule has 5 heteroatoms. The Kier molecular flexibility index (Phi) is 4.36. The molecular formula is C12H23N3O2. The van der Waals surface area contributed by atoms with Crippen LogP contribution >= 0.6 is 0 Å². The summed E-state index contributed by atoms with van der Waals surface area (Å²) in [7, 11) is 0. The van der Waals surface area contributed by atoms with E-state index in [-0.39, 0.29) is 11.4 Å². The molecule has 0 aromatic rings. The van der Waals surface area contributed by atoms with Crippen molar-refractivity contribution < 1.29 is 9.53 Å². The molecule has 0 radical (unpaired) electrons. The normalized spacial score (nSPS) is 25.5. The second-order valence-corrected chi connectivity index (χ2v) is 5.23. The molecule has 98 valence electrons. The van der Waals surface area contributed by atoms with Crippen LogP contribution in [-0.2, 0) is 9.53 Å². The van der Waals surface area contributed by atoms with Crippen LogP contribution in [0.3, 0.4) is 0 Å². The van der Waals surface area contributed by atoms with E-state index in [2.05, 4.69) is 5.43 Å². The highest BCUT2D eigenvalue weighted by Crippen LogP contribution is 2.28. The monoisotopic (exact) mass is 241 g/mol. The predicted molar refractivity (Wildman–Crippen MR) is 65.2 cm³/mol. The third kappa shape index (κ3) is 3.94. The number of nitrogens with zero attached hydrogens (tertiary/aromatic N) is 1. The maximum atomic E-state index is 11.9. The van der Waals surface area contributed by atoms with E-state index in [0.29, 0.717) is 19.6 Å². The number of carbonyl (C=O) groups excluding carboxylic acids is 1. The van der Waals surface area contributed by atoms with Gasteiger partial charge in [0, 0.05) is 25.0 Å². The molecule has 0 spiro atoms. The molecule has 0 atom stereocenters. The molecule has 1 saturated heterocycles. The van der Waals surface area contributed by atoms with Gasteiger partial charge in [0.1, 0.15) is 0 Å². The molecule has 3 N–H and O–H groups in total. The van der Waals surface area contributed by atoms with Crippen LogP contribution in [0.15, 0.2) is 0 Å². The summed E-state index contributed by atoms with van der Waals surface area (Å²) in [5.74, 6) is 0.0521. The van der Waals surface area contributed by atoms with Crippen molar-refractivity contribution >= 4 is 5.91 Å². The van der Waals surface area contributed by atoms with Gasteiger partial charge >= 0.3 is 0 Å². The zero-order valence-electron chi connectivity index (χ0n) is 10.4. The summed E-state index contributed by atoms with van der Waals surface area (Å²) in [6.45, 7) is 2.91. The van der Waals surface area contributed by atoms with Gasteiger partial charge < -0.3 is 10.5 Å². The fraction of sp³-hybridized carbons (Fsp3) is 0.917. The summed E-state index contributed by atoms with van der Waals surface area (Å²) in [4.78, 5) is 11.9. The van der Waals surface area contributed by atoms with Crippen molar-refractivity contribution in [2.45, 2.75) is 44.1 Å². The summed E-state index contributed by atoms with van der Waals surface area (Å²) >= 11 is 0.